The number of hydrogen-bond donors (Lipinski definition) is 1. The number of anilines is 1. The van der Waals surface area contributed by atoms with Crippen LogP contribution in [0, 0.1) is 10.1 Å². The van der Waals surface area contributed by atoms with E-state index in [4.69, 9.17) is 4.42 Å². The van der Waals surface area contributed by atoms with Crippen LogP contribution in [0.5, 0.6) is 0 Å². The second-order valence-electron chi connectivity index (χ2n) is 6.24. The summed E-state index contributed by atoms with van der Waals surface area (Å²) in [7, 11) is 0. The van der Waals surface area contributed by atoms with Crippen molar-refractivity contribution in [2.24, 2.45) is 5.10 Å². The Morgan fingerprint density at radius 3 is 2.41 bits per heavy atom. The number of pyridine rings is 1. The SMILES string of the molecule is O=C(/C(=N/Nc1ccccc1)Sc1nnc(-c2ccc([N+](=O)[O-])cc2)o1)c1ccncc1. The van der Waals surface area contributed by atoms with Crippen LogP contribution in [-0.4, -0.2) is 30.9 Å². The summed E-state index contributed by atoms with van der Waals surface area (Å²) >= 11 is 0.903. The number of hydrogen-bond acceptors (Lipinski definition) is 10. The Kier molecular flexibility index (Phi) is 6.28. The highest BCUT2D eigenvalue weighted by Gasteiger charge is 2.20. The number of aromatic nitrogens is 3. The maximum Gasteiger partial charge on any atom is 0.283 e. The molecule has 0 spiro atoms. The summed E-state index contributed by atoms with van der Waals surface area (Å²) in [4.78, 5) is 27.2. The summed E-state index contributed by atoms with van der Waals surface area (Å²) in [6, 6.07) is 18.0. The van der Waals surface area contributed by atoms with Crippen molar-refractivity contribution >= 4 is 34.0 Å². The number of non-ortho nitro benzene ring substituents is 1. The first kappa shape index (κ1) is 20.9. The predicted molar refractivity (Wildman–Crippen MR) is 118 cm³/mol. The number of ketones is 1. The van der Waals surface area contributed by atoms with Crippen molar-refractivity contribution < 1.29 is 14.1 Å². The molecule has 10 nitrogen and oxygen atoms in total. The van der Waals surface area contributed by atoms with Gasteiger partial charge in [0.2, 0.25) is 11.7 Å². The van der Waals surface area contributed by atoms with E-state index in [-0.39, 0.29) is 27.6 Å². The highest BCUT2D eigenvalue weighted by atomic mass is 32.2. The number of nitro groups is 1. The Morgan fingerprint density at radius 2 is 1.72 bits per heavy atom. The van der Waals surface area contributed by atoms with E-state index in [1.807, 2.05) is 30.3 Å². The molecule has 4 rings (SSSR count). The van der Waals surface area contributed by atoms with Gasteiger partial charge in [0.15, 0.2) is 5.04 Å². The zero-order valence-corrected chi connectivity index (χ0v) is 17.1. The van der Waals surface area contributed by atoms with E-state index in [2.05, 4.69) is 25.7 Å². The Morgan fingerprint density at radius 1 is 1.00 bits per heavy atom. The van der Waals surface area contributed by atoms with Crippen molar-refractivity contribution in [2.45, 2.75) is 5.22 Å². The third-order valence-corrected chi connectivity index (χ3v) is 4.92. The van der Waals surface area contributed by atoms with E-state index < -0.39 is 4.92 Å². The van der Waals surface area contributed by atoms with Crippen LogP contribution in [0.3, 0.4) is 0 Å². The summed E-state index contributed by atoms with van der Waals surface area (Å²) in [5.41, 5.74) is 4.41. The van der Waals surface area contributed by atoms with E-state index >= 15 is 0 Å². The van der Waals surface area contributed by atoms with Gasteiger partial charge in [0, 0.05) is 35.7 Å². The molecule has 2 heterocycles. The number of carbonyl (C=O) groups is 1. The quantitative estimate of drug-likeness (QED) is 0.109. The van der Waals surface area contributed by atoms with E-state index in [1.54, 1.807) is 12.1 Å². The summed E-state index contributed by atoms with van der Waals surface area (Å²) in [6.45, 7) is 0. The number of nitrogens with zero attached hydrogens (tertiary/aromatic N) is 5. The lowest BCUT2D eigenvalue weighted by atomic mass is 10.2. The molecule has 1 N–H and O–H groups in total. The van der Waals surface area contributed by atoms with Gasteiger partial charge in [-0.25, -0.2) is 0 Å². The first-order chi connectivity index (χ1) is 15.6. The fourth-order valence-corrected chi connectivity index (χ4v) is 3.22. The molecule has 0 aliphatic carbocycles. The van der Waals surface area contributed by atoms with Crippen molar-refractivity contribution in [3.05, 3.63) is 94.8 Å². The predicted octanol–water partition coefficient (Wildman–Crippen LogP) is 4.44. The molecular weight excluding hydrogens is 432 g/mol. The smallest absolute Gasteiger partial charge is 0.283 e. The number of rotatable bonds is 7. The third kappa shape index (κ3) is 5.02. The van der Waals surface area contributed by atoms with Crippen molar-refractivity contribution in [1.82, 2.24) is 15.2 Å². The standard InChI is InChI=1S/C21H14N6O4S/c28-18(14-10-12-22-13-11-14)20(25-23-16-4-2-1-3-5-16)32-21-26-24-19(31-21)15-6-8-17(9-7-15)27(29)30/h1-13,23H/b25-20-. The van der Waals surface area contributed by atoms with Gasteiger partial charge in [-0.2, -0.15) is 5.10 Å². The summed E-state index contributed by atoms with van der Waals surface area (Å²) < 4.78 is 5.64. The maximum atomic E-state index is 13.0. The number of nitrogens with one attached hydrogen (secondary N) is 1. The monoisotopic (exact) mass is 446 g/mol. The summed E-state index contributed by atoms with van der Waals surface area (Å²) in [5, 5.41) is 23.1. The average molecular weight is 446 g/mol. The third-order valence-electron chi connectivity index (χ3n) is 4.11. The second-order valence-corrected chi connectivity index (χ2v) is 7.18. The molecule has 0 aliphatic rings. The highest BCUT2D eigenvalue weighted by molar-refractivity contribution is 8.15. The van der Waals surface area contributed by atoms with Crippen LogP contribution >= 0.6 is 11.8 Å². The van der Waals surface area contributed by atoms with E-state index in [0.717, 1.165) is 11.8 Å². The number of hydrazone groups is 1. The lowest BCUT2D eigenvalue weighted by Crippen LogP contribution is -2.13. The van der Waals surface area contributed by atoms with Crippen LogP contribution < -0.4 is 5.43 Å². The van der Waals surface area contributed by atoms with Gasteiger partial charge in [0.25, 0.3) is 10.9 Å². The zero-order valence-electron chi connectivity index (χ0n) is 16.3. The van der Waals surface area contributed by atoms with Gasteiger partial charge >= 0.3 is 0 Å². The van der Waals surface area contributed by atoms with E-state index in [1.165, 1.54) is 36.7 Å². The molecule has 2 aromatic carbocycles. The lowest BCUT2D eigenvalue weighted by molar-refractivity contribution is -0.384. The average Bonchev–Trinajstić information content (AvgIpc) is 3.31. The second kappa shape index (κ2) is 9.62. The number of Topliss-reactive ketones (excluding diaryl/α,β-unsaturated/α-hetero) is 1. The molecule has 0 saturated heterocycles. The minimum Gasteiger partial charge on any atom is -0.411 e. The van der Waals surface area contributed by atoms with Crippen molar-refractivity contribution in [2.75, 3.05) is 5.43 Å². The number of para-hydroxylation sites is 1. The van der Waals surface area contributed by atoms with E-state index in [0.29, 0.717) is 16.8 Å². The molecule has 0 bridgehead atoms. The van der Waals surface area contributed by atoms with Gasteiger partial charge in [-0.05, 0) is 48.2 Å². The summed E-state index contributed by atoms with van der Waals surface area (Å²) in [5.74, 6) is -0.190. The molecule has 0 radical (unpaired) electrons. The number of carbonyl (C=O) groups excluding carboxylic acids is 1. The van der Waals surface area contributed by atoms with Crippen LogP contribution in [0.2, 0.25) is 0 Å². The maximum absolute atomic E-state index is 13.0. The van der Waals surface area contributed by atoms with Crippen LogP contribution in [0.15, 0.2) is 93.9 Å². The Balaban J connectivity index is 1.58. The first-order valence-electron chi connectivity index (χ1n) is 9.20. The van der Waals surface area contributed by atoms with Crippen LogP contribution in [0.1, 0.15) is 10.4 Å². The van der Waals surface area contributed by atoms with Gasteiger partial charge in [-0.1, -0.05) is 18.2 Å². The molecule has 0 saturated carbocycles. The molecule has 0 unspecified atom stereocenters. The molecule has 0 amide bonds. The fraction of sp³-hybridized carbons (Fsp3) is 0. The molecule has 0 fully saturated rings. The molecule has 4 aromatic rings. The summed E-state index contributed by atoms with van der Waals surface area (Å²) in [6.07, 6.45) is 3.03. The first-order valence-corrected chi connectivity index (χ1v) is 10.0. The molecule has 32 heavy (non-hydrogen) atoms. The van der Waals surface area contributed by atoms with Crippen LogP contribution in [0.4, 0.5) is 11.4 Å². The van der Waals surface area contributed by atoms with Gasteiger partial charge in [-0.15, -0.1) is 10.2 Å². The molecule has 0 atom stereocenters. The van der Waals surface area contributed by atoms with Crippen LogP contribution in [0.25, 0.3) is 11.5 Å². The fourth-order valence-electron chi connectivity index (χ4n) is 2.55. The minimum absolute atomic E-state index is 0.0489. The van der Waals surface area contributed by atoms with Crippen molar-refractivity contribution in [1.29, 1.82) is 0 Å². The molecular formula is C21H14N6O4S. The van der Waals surface area contributed by atoms with Crippen molar-refractivity contribution in [3.8, 4) is 11.5 Å². The molecule has 2 aromatic heterocycles. The Hall–Kier alpha value is -4.38. The Bertz CT molecular complexity index is 1260. The van der Waals surface area contributed by atoms with Gasteiger partial charge in [0.1, 0.15) is 0 Å². The largest absolute Gasteiger partial charge is 0.411 e. The molecule has 158 valence electrons. The number of thioether (sulfide) groups is 1. The number of nitro benzene ring substituents is 1. The van der Waals surface area contributed by atoms with Gasteiger partial charge in [0.05, 0.1) is 10.6 Å². The molecule has 0 aliphatic heterocycles. The van der Waals surface area contributed by atoms with Crippen LogP contribution in [-0.2, 0) is 0 Å². The minimum atomic E-state index is -0.494. The van der Waals surface area contributed by atoms with E-state index in [9.17, 15) is 14.9 Å². The zero-order chi connectivity index (χ0) is 22.3. The normalized spacial score (nSPS) is 11.2. The van der Waals surface area contributed by atoms with Gasteiger partial charge in [-0.3, -0.25) is 25.3 Å². The number of benzene rings is 2. The van der Waals surface area contributed by atoms with Crippen molar-refractivity contribution in [3.63, 3.8) is 0 Å². The van der Waals surface area contributed by atoms with Gasteiger partial charge < -0.3 is 4.42 Å². The lowest BCUT2D eigenvalue weighted by Gasteiger charge is -2.05. The highest BCUT2D eigenvalue weighted by Crippen LogP contribution is 2.26. The Labute approximate surface area is 185 Å². The topological polar surface area (TPSA) is 136 Å². The molecule has 11 heteroatoms.